The van der Waals surface area contributed by atoms with E-state index < -0.39 is 5.60 Å². The Bertz CT molecular complexity index is 250. The van der Waals surface area contributed by atoms with Crippen LogP contribution in [0, 0.1) is 0 Å². The van der Waals surface area contributed by atoms with Crippen LogP contribution in [0.4, 0.5) is 4.79 Å². The van der Waals surface area contributed by atoms with Gasteiger partial charge in [-0.25, -0.2) is 4.79 Å². The van der Waals surface area contributed by atoms with Gasteiger partial charge in [-0.1, -0.05) is 0 Å². The Morgan fingerprint density at radius 3 is 2.69 bits per heavy atom. The molecule has 1 amide bonds. The van der Waals surface area contributed by atoms with Crippen molar-refractivity contribution in [3.05, 3.63) is 0 Å². The molecule has 5 nitrogen and oxygen atoms in total. The van der Waals surface area contributed by atoms with E-state index in [-0.39, 0.29) is 18.2 Å². The number of rotatable bonds is 1. The zero-order valence-electron chi connectivity index (χ0n) is 10.5. The van der Waals surface area contributed by atoms with Gasteiger partial charge in [-0.3, -0.25) is 0 Å². The molecule has 0 aromatic rings. The highest BCUT2D eigenvalue weighted by molar-refractivity contribution is 5.68. The van der Waals surface area contributed by atoms with E-state index in [9.17, 15) is 4.79 Å². The molecule has 16 heavy (non-hydrogen) atoms. The summed E-state index contributed by atoms with van der Waals surface area (Å²) in [4.78, 5) is 13.6. The van der Waals surface area contributed by atoms with Crippen LogP contribution >= 0.6 is 0 Å². The molecule has 2 atom stereocenters. The molecule has 1 aliphatic heterocycles. The lowest BCUT2D eigenvalue weighted by molar-refractivity contribution is -0.0617. The number of hydrogen-bond donors (Lipinski definition) is 1. The van der Waals surface area contributed by atoms with Crippen LogP contribution in [-0.2, 0) is 9.47 Å². The normalized spacial score (nSPS) is 26.7. The quantitative estimate of drug-likeness (QED) is 0.729. The molecule has 1 heterocycles. The maximum atomic E-state index is 11.9. The van der Waals surface area contributed by atoms with Crippen LogP contribution in [0.15, 0.2) is 0 Å². The number of hydrogen-bond acceptors (Lipinski definition) is 4. The Labute approximate surface area is 96.9 Å². The first-order valence-electron chi connectivity index (χ1n) is 5.65. The number of ether oxygens (including phenoxy) is 2. The van der Waals surface area contributed by atoms with Crippen LogP contribution in [0.5, 0.6) is 0 Å². The zero-order valence-corrected chi connectivity index (χ0v) is 10.5. The van der Waals surface area contributed by atoms with Gasteiger partial charge in [0.05, 0.1) is 25.3 Å². The van der Waals surface area contributed by atoms with Gasteiger partial charge in [0.1, 0.15) is 5.60 Å². The number of nitrogens with two attached hydrogens (primary N) is 1. The van der Waals surface area contributed by atoms with Crippen LogP contribution < -0.4 is 5.73 Å². The van der Waals surface area contributed by atoms with Gasteiger partial charge >= 0.3 is 6.09 Å². The maximum Gasteiger partial charge on any atom is 0.410 e. The molecule has 0 saturated carbocycles. The summed E-state index contributed by atoms with van der Waals surface area (Å²) >= 11 is 0. The average Bonchev–Trinajstić information content (AvgIpc) is 2.15. The van der Waals surface area contributed by atoms with Gasteiger partial charge in [0.25, 0.3) is 0 Å². The smallest absolute Gasteiger partial charge is 0.410 e. The second-order valence-corrected chi connectivity index (χ2v) is 5.17. The van der Waals surface area contributed by atoms with Gasteiger partial charge in [-0.2, -0.15) is 0 Å². The molecule has 1 saturated heterocycles. The summed E-state index contributed by atoms with van der Waals surface area (Å²) in [7, 11) is 0. The van der Waals surface area contributed by atoms with E-state index in [0.29, 0.717) is 19.7 Å². The number of amides is 1. The van der Waals surface area contributed by atoms with E-state index in [1.807, 2.05) is 27.7 Å². The molecule has 1 rings (SSSR count). The topological polar surface area (TPSA) is 64.8 Å². The van der Waals surface area contributed by atoms with E-state index in [4.69, 9.17) is 15.2 Å². The fourth-order valence-electron chi connectivity index (χ4n) is 1.53. The van der Waals surface area contributed by atoms with Gasteiger partial charge in [0.2, 0.25) is 0 Å². The molecule has 0 unspecified atom stereocenters. The lowest BCUT2D eigenvalue weighted by atomic mass is 10.2. The first kappa shape index (κ1) is 13.3. The molecule has 0 aromatic carbocycles. The highest BCUT2D eigenvalue weighted by Crippen LogP contribution is 2.16. The van der Waals surface area contributed by atoms with Gasteiger partial charge in [-0.05, 0) is 27.7 Å². The van der Waals surface area contributed by atoms with Crippen molar-refractivity contribution in [2.45, 2.75) is 45.4 Å². The summed E-state index contributed by atoms with van der Waals surface area (Å²) in [6, 6.07) is 0.0395. The summed E-state index contributed by atoms with van der Waals surface area (Å²) in [5, 5.41) is 0. The predicted molar refractivity (Wildman–Crippen MR) is 61.2 cm³/mol. The number of nitrogens with zero attached hydrogens (tertiary/aromatic N) is 1. The van der Waals surface area contributed by atoms with Crippen molar-refractivity contribution in [2.24, 2.45) is 5.73 Å². The third-order valence-corrected chi connectivity index (χ3v) is 2.40. The van der Waals surface area contributed by atoms with Gasteiger partial charge in [-0.15, -0.1) is 0 Å². The molecule has 0 radical (unpaired) electrons. The van der Waals surface area contributed by atoms with E-state index >= 15 is 0 Å². The van der Waals surface area contributed by atoms with Crippen LogP contribution in [0.25, 0.3) is 0 Å². The van der Waals surface area contributed by atoms with Crippen molar-refractivity contribution in [3.63, 3.8) is 0 Å². The fourth-order valence-corrected chi connectivity index (χ4v) is 1.53. The summed E-state index contributed by atoms with van der Waals surface area (Å²) < 4.78 is 10.8. The lowest BCUT2D eigenvalue weighted by Crippen LogP contribution is -2.54. The van der Waals surface area contributed by atoms with Crippen LogP contribution in [0.3, 0.4) is 0 Å². The van der Waals surface area contributed by atoms with Gasteiger partial charge < -0.3 is 20.1 Å². The Morgan fingerprint density at radius 1 is 1.56 bits per heavy atom. The van der Waals surface area contributed by atoms with Crippen LogP contribution in [0.1, 0.15) is 27.7 Å². The maximum absolute atomic E-state index is 11.9. The van der Waals surface area contributed by atoms with Gasteiger partial charge in [0.15, 0.2) is 0 Å². The number of carbonyl (C=O) groups excluding carboxylic acids is 1. The SMILES string of the molecule is C[C@H]1CO[C@H](CN)CN1C(=O)OC(C)(C)C. The van der Waals surface area contributed by atoms with Crippen molar-refractivity contribution in [3.8, 4) is 0 Å². The fraction of sp³-hybridized carbons (Fsp3) is 0.909. The molecular weight excluding hydrogens is 208 g/mol. The summed E-state index contributed by atoms with van der Waals surface area (Å²) in [6.07, 6.45) is -0.370. The molecule has 0 aromatic heterocycles. The molecular formula is C11H22N2O3. The first-order valence-corrected chi connectivity index (χ1v) is 5.65. The third kappa shape index (κ3) is 3.64. The Kier molecular flexibility index (Phi) is 4.15. The molecule has 5 heteroatoms. The summed E-state index contributed by atoms with van der Waals surface area (Å²) in [5.41, 5.74) is 5.07. The predicted octanol–water partition coefficient (Wildman–Crippen LogP) is 0.969. The molecule has 2 N–H and O–H groups in total. The van der Waals surface area contributed by atoms with Crippen LogP contribution in [-0.4, -0.2) is 48.4 Å². The third-order valence-electron chi connectivity index (χ3n) is 2.40. The highest BCUT2D eigenvalue weighted by Gasteiger charge is 2.31. The van der Waals surface area contributed by atoms with E-state index in [2.05, 4.69) is 0 Å². The molecule has 0 spiro atoms. The van der Waals surface area contributed by atoms with E-state index in [1.54, 1.807) is 4.90 Å². The first-order chi connectivity index (χ1) is 7.33. The highest BCUT2D eigenvalue weighted by atomic mass is 16.6. The summed E-state index contributed by atoms with van der Waals surface area (Å²) in [5.74, 6) is 0. The van der Waals surface area contributed by atoms with E-state index in [1.165, 1.54) is 0 Å². The largest absolute Gasteiger partial charge is 0.444 e. The van der Waals surface area contributed by atoms with Gasteiger partial charge in [0, 0.05) is 6.54 Å². The Hall–Kier alpha value is -0.810. The average molecular weight is 230 g/mol. The molecule has 1 aliphatic rings. The second-order valence-electron chi connectivity index (χ2n) is 5.17. The second kappa shape index (κ2) is 5.01. The van der Waals surface area contributed by atoms with Crippen molar-refractivity contribution < 1.29 is 14.3 Å². The Morgan fingerprint density at radius 2 is 2.19 bits per heavy atom. The Balaban J connectivity index is 2.59. The minimum atomic E-state index is -0.465. The molecule has 0 bridgehead atoms. The molecule has 94 valence electrons. The zero-order chi connectivity index (χ0) is 12.3. The standard InChI is InChI=1S/C11H22N2O3/c1-8-7-15-9(5-12)6-13(8)10(14)16-11(2,3)4/h8-9H,5-7,12H2,1-4H3/t8-,9+/m0/s1. The van der Waals surface area contributed by atoms with Crippen LogP contribution in [0.2, 0.25) is 0 Å². The number of carbonyl (C=O) groups is 1. The monoisotopic (exact) mass is 230 g/mol. The van der Waals surface area contributed by atoms with Crippen molar-refractivity contribution in [1.29, 1.82) is 0 Å². The minimum absolute atomic E-state index is 0.0395. The minimum Gasteiger partial charge on any atom is -0.444 e. The van der Waals surface area contributed by atoms with Crippen molar-refractivity contribution in [2.75, 3.05) is 19.7 Å². The van der Waals surface area contributed by atoms with Crippen molar-refractivity contribution in [1.82, 2.24) is 4.90 Å². The summed E-state index contributed by atoms with van der Waals surface area (Å²) in [6.45, 7) is 8.96. The molecule has 1 fully saturated rings. The molecule has 0 aliphatic carbocycles. The van der Waals surface area contributed by atoms with E-state index in [0.717, 1.165) is 0 Å². The van der Waals surface area contributed by atoms with Crippen molar-refractivity contribution >= 4 is 6.09 Å². The number of morpholine rings is 1. The lowest BCUT2D eigenvalue weighted by Gasteiger charge is -2.38.